The molecule has 2 aromatic rings. The first-order chi connectivity index (χ1) is 9.20. The fourth-order valence-electron chi connectivity index (χ4n) is 1.96. The van der Waals surface area contributed by atoms with Crippen LogP contribution in [0.1, 0.15) is 30.5 Å². The van der Waals surface area contributed by atoms with E-state index in [9.17, 15) is 4.39 Å². The molecule has 0 amide bonds. The number of rotatable bonds is 5. The SMILES string of the molecule is CCCNC(c1ccc(F)cc1)c1cncc(Br)c1. The van der Waals surface area contributed by atoms with Crippen LogP contribution in [0.15, 0.2) is 47.2 Å². The molecular weight excluding hydrogens is 307 g/mol. The van der Waals surface area contributed by atoms with Crippen molar-refractivity contribution >= 4 is 15.9 Å². The predicted octanol–water partition coefficient (Wildman–Crippen LogP) is 4.07. The zero-order valence-corrected chi connectivity index (χ0v) is 12.3. The molecule has 0 spiro atoms. The van der Waals surface area contributed by atoms with Gasteiger partial charge in [-0.25, -0.2) is 4.39 Å². The molecule has 1 N–H and O–H groups in total. The summed E-state index contributed by atoms with van der Waals surface area (Å²) in [6.07, 6.45) is 4.63. The molecule has 1 atom stereocenters. The van der Waals surface area contributed by atoms with Gasteiger partial charge in [0, 0.05) is 16.9 Å². The van der Waals surface area contributed by atoms with Crippen LogP contribution in [-0.4, -0.2) is 11.5 Å². The summed E-state index contributed by atoms with van der Waals surface area (Å²) in [6.45, 7) is 3.02. The summed E-state index contributed by atoms with van der Waals surface area (Å²) in [7, 11) is 0. The summed E-state index contributed by atoms with van der Waals surface area (Å²) < 4.78 is 14.0. The van der Waals surface area contributed by atoms with Crippen molar-refractivity contribution in [2.45, 2.75) is 19.4 Å². The molecule has 0 fully saturated rings. The average Bonchev–Trinajstić information content (AvgIpc) is 2.41. The van der Waals surface area contributed by atoms with E-state index in [1.807, 2.05) is 24.4 Å². The predicted molar refractivity (Wildman–Crippen MR) is 78.5 cm³/mol. The van der Waals surface area contributed by atoms with Crippen molar-refractivity contribution < 1.29 is 4.39 Å². The minimum atomic E-state index is -0.217. The Balaban J connectivity index is 2.32. The van der Waals surface area contributed by atoms with Gasteiger partial charge in [0.05, 0.1) is 6.04 Å². The van der Waals surface area contributed by atoms with Gasteiger partial charge in [-0.05, 0) is 58.2 Å². The van der Waals surface area contributed by atoms with Crippen LogP contribution in [-0.2, 0) is 0 Å². The Bertz CT molecular complexity index is 528. The standard InChI is InChI=1S/C15H16BrFN2/c1-2-7-19-15(11-3-5-14(17)6-4-11)12-8-13(16)10-18-9-12/h3-6,8-10,15,19H,2,7H2,1H3. The molecule has 0 bridgehead atoms. The Labute approximate surface area is 121 Å². The molecule has 1 heterocycles. The minimum Gasteiger partial charge on any atom is -0.306 e. The van der Waals surface area contributed by atoms with E-state index in [0.717, 1.165) is 28.6 Å². The molecule has 0 radical (unpaired) electrons. The van der Waals surface area contributed by atoms with E-state index in [1.54, 1.807) is 6.20 Å². The van der Waals surface area contributed by atoms with Crippen molar-refractivity contribution in [3.8, 4) is 0 Å². The van der Waals surface area contributed by atoms with Gasteiger partial charge in [0.2, 0.25) is 0 Å². The summed E-state index contributed by atoms with van der Waals surface area (Å²) in [5, 5.41) is 3.47. The molecule has 2 nitrogen and oxygen atoms in total. The third-order valence-electron chi connectivity index (χ3n) is 2.86. The first kappa shape index (κ1) is 14.2. The highest BCUT2D eigenvalue weighted by Gasteiger charge is 2.14. The van der Waals surface area contributed by atoms with Gasteiger partial charge in [0.25, 0.3) is 0 Å². The summed E-state index contributed by atoms with van der Waals surface area (Å²) in [6, 6.07) is 8.66. The van der Waals surface area contributed by atoms with Gasteiger partial charge < -0.3 is 5.32 Å². The molecule has 1 aromatic heterocycles. The highest BCUT2D eigenvalue weighted by atomic mass is 79.9. The topological polar surface area (TPSA) is 24.9 Å². The van der Waals surface area contributed by atoms with Gasteiger partial charge >= 0.3 is 0 Å². The van der Waals surface area contributed by atoms with E-state index in [0.29, 0.717) is 0 Å². The van der Waals surface area contributed by atoms with Crippen LogP contribution >= 0.6 is 15.9 Å². The number of pyridine rings is 1. The Morgan fingerprint density at radius 3 is 2.58 bits per heavy atom. The molecule has 2 rings (SSSR count). The molecule has 19 heavy (non-hydrogen) atoms. The molecule has 1 unspecified atom stereocenters. The summed E-state index contributed by atoms with van der Waals surface area (Å²) in [4.78, 5) is 4.20. The molecular formula is C15H16BrFN2. The Hall–Kier alpha value is -1.26. The van der Waals surface area contributed by atoms with E-state index in [2.05, 4.69) is 33.2 Å². The highest BCUT2D eigenvalue weighted by Crippen LogP contribution is 2.24. The molecule has 0 saturated heterocycles. The molecule has 0 aliphatic carbocycles. The lowest BCUT2D eigenvalue weighted by Gasteiger charge is -2.19. The number of benzene rings is 1. The zero-order chi connectivity index (χ0) is 13.7. The average molecular weight is 323 g/mol. The second kappa shape index (κ2) is 6.78. The van der Waals surface area contributed by atoms with E-state index in [-0.39, 0.29) is 11.9 Å². The van der Waals surface area contributed by atoms with Crippen LogP contribution in [0.25, 0.3) is 0 Å². The van der Waals surface area contributed by atoms with Crippen LogP contribution in [0.3, 0.4) is 0 Å². The maximum Gasteiger partial charge on any atom is 0.123 e. The lowest BCUT2D eigenvalue weighted by Crippen LogP contribution is -2.23. The van der Waals surface area contributed by atoms with E-state index in [4.69, 9.17) is 0 Å². The van der Waals surface area contributed by atoms with Gasteiger partial charge in [-0.1, -0.05) is 19.1 Å². The smallest absolute Gasteiger partial charge is 0.123 e. The van der Waals surface area contributed by atoms with Crippen molar-refractivity contribution in [3.63, 3.8) is 0 Å². The van der Waals surface area contributed by atoms with E-state index >= 15 is 0 Å². The first-order valence-corrected chi connectivity index (χ1v) is 7.09. The number of nitrogens with one attached hydrogen (secondary N) is 1. The second-order valence-electron chi connectivity index (χ2n) is 4.38. The van der Waals surface area contributed by atoms with Crippen LogP contribution in [0.4, 0.5) is 4.39 Å². The number of aromatic nitrogens is 1. The maximum absolute atomic E-state index is 13.0. The van der Waals surface area contributed by atoms with Crippen molar-refractivity contribution in [2.75, 3.05) is 6.54 Å². The molecule has 100 valence electrons. The molecule has 1 aromatic carbocycles. The van der Waals surface area contributed by atoms with Crippen molar-refractivity contribution in [3.05, 3.63) is 64.1 Å². The van der Waals surface area contributed by atoms with Gasteiger partial charge in [0.1, 0.15) is 5.82 Å². The lowest BCUT2D eigenvalue weighted by molar-refractivity contribution is 0.591. The number of hydrogen-bond donors (Lipinski definition) is 1. The summed E-state index contributed by atoms with van der Waals surface area (Å²) in [5.41, 5.74) is 2.10. The largest absolute Gasteiger partial charge is 0.306 e. The van der Waals surface area contributed by atoms with Crippen LogP contribution < -0.4 is 5.32 Å². The number of halogens is 2. The Morgan fingerprint density at radius 2 is 1.95 bits per heavy atom. The zero-order valence-electron chi connectivity index (χ0n) is 10.7. The first-order valence-electron chi connectivity index (χ1n) is 6.30. The van der Waals surface area contributed by atoms with Crippen LogP contribution in [0.5, 0.6) is 0 Å². The quantitative estimate of drug-likeness (QED) is 0.897. The Kier molecular flexibility index (Phi) is 5.05. The summed E-state index contributed by atoms with van der Waals surface area (Å²) in [5.74, 6) is -0.217. The van der Waals surface area contributed by atoms with Gasteiger partial charge in [-0.2, -0.15) is 0 Å². The van der Waals surface area contributed by atoms with Crippen molar-refractivity contribution in [1.29, 1.82) is 0 Å². The molecule has 0 saturated carbocycles. The maximum atomic E-state index is 13.0. The van der Waals surface area contributed by atoms with Crippen LogP contribution in [0.2, 0.25) is 0 Å². The van der Waals surface area contributed by atoms with Gasteiger partial charge in [-0.3, -0.25) is 4.98 Å². The molecule has 0 aliphatic heterocycles. The molecule has 0 aliphatic rings. The van der Waals surface area contributed by atoms with Gasteiger partial charge in [-0.15, -0.1) is 0 Å². The van der Waals surface area contributed by atoms with Crippen molar-refractivity contribution in [2.24, 2.45) is 0 Å². The van der Waals surface area contributed by atoms with Gasteiger partial charge in [0.15, 0.2) is 0 Å². The highest BCUT2D eigenvalue weighted by molar-refractivity contribution is 9.10. The summed E-state index contributed by atoms with van der Waals surface area (Å²) >= 11 is 3.43. The Morgan fingerprint density at radius 1 is 1.21 bits per heavy atom. The number of nitrogens with zero attached hydrogens (tertiary/aromatic N) is 1. The lowest BCUT2D eigenvalue weighted by atomic mass is 10.00. The van der Waals surface area contributed by atoms with E-state index in [1.165, 1.54) is 12.1 Å². The van der Waals surface area contributed by atoms with Crippen molar-refractivity contribution in [1.82, 2.24) is 10.3 Å². The normalized spacial score (nSPS) is 12.4. The third kappa shape index (κ3) is 3.85. The third-order valence-corrected chi connectivity index (χ3v) is 3.29. The monoisotopic (exact) mass is 322 g/mol. The second-order valence-corrected chi connectivity index (χ2v) is 5.29. The molecule has 4 heteroatoms. The fraction of sp³-hybridized carbons (Fsp3) is 0.267. The van der Waals surface area contributed by atoms with E-state index < -0.39 is 0 Å². The van der Waals surface area contributed by atoms with Crippen LogP contribution in [0, 0.1) is 5.82 Å². The fourth-order valence-corrected chi connectivity index (χ4v) is 2.34. The number of hydrogen-bond acceptors (Lipinski definition) is 2. The minimum absolute atomic E-state index is 0.0329.